The summed E-state index contributed by atoms with van der Waals surface area (Å²) < 4.78 is 10.8. The van der Waals surface area contributed by atoms with Crippen LogP contribution in [0.1, 0.15) is 21.7 Å². The third-order valence-electron chi connectivity index (χ3n) is 4.02. The minimum absolute atomic E-state index is 0.0255. The Morgan fingerprint density at radius 3 is 2.60 bits per heavy atom. The standard InChI is InChI=1S/C18H16N2O5/c1-10-8-12(20(22)23)4-6-15(10)19-18(21)17-11(2)14-9-13(24-3)5-7-16(14)25-17/h4-9H,1-3H3,(H,19,21). The molecule has 0 spiro atoms. The number of nitrogens with one attached hydrogen (secondary N) is 1. The fraction of sp³-hybridized carbons (Fsp3) is 0.167. The van der Waals surface area contributed by atoms with Gasteiger partial charge in [0.2, 0.25) is 0 Å². The lowest BCUT2D eigenvalue weighted by Crippen LogP contribution is -2.13. The molecule has 3 rings (SSSR count). The maximum atomic E-state index is 12.6. The van der Waals surface area contributed by atoms with Crippen LogP contribution in [-0.2, 0) is 0 Å². The lowest BCUT2D eigenvalue weighted by molar-refractivity contribution is -0.384. The summed E-state index contributed by atoms with van der Waals surface area (Å²) in [6, 6.07) is 9.57. The van der Waals surface area contributed by atoms with Gasteiger partial charge in [-0.15, -0.1) is 0 Å². The van der Waals surface area contributed by atoms with Gasteiger partial charge < -0.3 is 14.5 Å². The second-order valence-electron chi connectivity index (χ2n) is 5.63. The van der Waals surface area contributed by atoms with Crippen molar-refractivity contribution in [3.05, 3.63) is 63.4 Å². The van der Waals surface area contributed by atoms with Gasteiger partial charge in [0.25, 0.3) is 11.6 Å². The summed E-state index contributed by atoms with van der Waals surface area (Å²) >= 11 is 0. The predicted octanol–water partition coefficient (Wildman–Crippen LogP) is 4.22. The van der Waals surface area contributed by atoms with Crippen molar-refractivity contribution in [2.24, 2.45) is 0 Å². The zero-order chi connectivity index (χ0) is 18.1. The maximum absolute atomic E-state index is 12.6. The number of hydrogen-bond donors (Lipinski definition) is 1. The largest absolute Gasteiger partial charge is 0.497 e. The summed E-state index contributed by atoms with van der Waals surface area (Å²) in [5.74, 6) is 0.459. The molecule has 1 aromatic heterocycles. The highest BCUT2D eigenvalue weighted by Gasteiger charge is 2.19. The molecule has 0 radical (unpaired) electrons. The average Bonchev–Trinajstić information content (AvgIpc) is 2.92. The Kier molecular flexibility index (Phi) is 4.14. The number of anilines is 1. The van der Waals surface area contributed by atoms with Crippen LogP contribution in [-0.4, -0.2) is 17.9 Å². The number of non-ortho nitro benzene ring substituents is 1. The van der Waals surface area contributed by atoms with E-state index >= 15 is 0 Å². The second-order valence-corrected chi connectivity index (χ2v) is 5.63. The van der Waals surface area contributed by atoms with Crippen LogP contribution in [0.4, 0.5) is 11.4 Å². The number of nitrogens with zero attached hydrogens (tertiary/aromatic N) is 1. The van der Waals surface area contributed by atoms with Gasteiger partial charge in [0.05, 0.1) is 12.0 Å². The number of ether oxygens (including phenoxy) is 1. The first-order chi connectivity index (χ1) is 11.9. The summed E-state index contributed by atoms with van der Waals surface area (Å²) in [4.78, 5) is 22.9. The molecule has 0 aliphatic heterocycles. The first-order valence-corrected chi connectivity index (χ1v) is 7.54. The van der Waals surface area contributed by atoms with E-state index in [0.717, 1.165) is 5.39 Å². The lowest BCUT2D eigenvalue weighted by atomic mass is 10.1. The third-order valence-corrected chi connectivity index (χ3v) is 4.02. The number of rotatable bonds is 4. The van der Waals surface area contributed by atoms with Crippen molar-refractivity contribution in [3.8, 4) is 5.75 Å². The number of nitro groups is 1. The first kappa shape index (κ1) is 16.5. The van der Waals surface area contributed by atoms with Gasteiger partial charge in [0.1, 0.15) is 11.3 Å². The molecule has 1 heterocycles. The van der Waals surface area contributed by atoms with Gasteiger partial charge in [-0.3, -0.25) is 14.9 Å². The zero-order valence-electron chi connectivity index (χ0n) is 14.0. The van der Waals surface area contributed by atoms with Crippen LogP contribution >= 0.6 is 0 Å². The summed E-state index contributed by atoms with van der Waals surface area (Å²) in [6.07, 6.45) is 0. The third kappa shape index (κ3) is 3.03. The first-order valence-electron chi connectivity index (χ1n) is 7.54. The molecule has 0 saturated heterocycles. The molecule has 7 nitrogen and oxygen atoms in total. The average molecular weight is 340 g/mol. The molecular weight excluding hydrogens is 324 g/mol. The number of furan rings is 1. The van der Waals surface area contributed by atoms with Gasteiger partial charge in [-0.05, 0) is 43.7 Å². The van der Waals surface area contributed by atoms with Gasteiger partial charge in [0.15, 0.2) is 5.76 Å². The summed E-state index contributed by atoms with van der Waals surface area (Å²) in [5, 5.41) is 14.3. The summed E-state index contributed by atoms with van der Waals surface area (Å²) in [5.41, 5.74) is 2.35. The van der Waals surface area contributed by atoms with E-state index in [0.29, 0.717) is 28.1 Å². The Hall–Kier alpha value is -3.35. The van der Waals surface area contributed by atoms with Gasteiger partial charge in [0, 0.05) is 28.8 Å². The molecule has 0 bridgehead atoms. The molecule has 0 atom stereocenters. The minimum atomic E-state index is -0.477. The Balaban J connectivity index is 1.92. The molecule has 1 amide bonds. The molecule has 0 fully saturated rings. The molecule has 0 unspecified atom stereocenters. The quantitative estimate of drug-likeness (QED) is 0.567. The van der Waals surface area contributed by atoms with E-state index < -0.39 is 10.8 Å². The molecule has 0 aliphatic rings. The summed E-state index contributed by atoms with van der Waals surface area (Å²) in [7, 11) is 1.57. The number of carbonyl (C=O) groups excluding carboxylic acids is 1. The molecule has 3 aromatic rings. The van der Waals surface area contributed by atoms with Gasteiger partial charge >= 0.3 is 0 Å². The van der Waals surface area contributed by atoms with Crippen molar-refractivity contribution in [2.45, 2.75) is 13.8 Å². The van der Waals surface area contributed by atoms with Crippen molar-refractivity contribution >= 4 is 28.3 Å². The second kappa shape index (κ2) is 6.27. The van der Waals surface area contributed by atoms with Crippen molar-refractivity contribution in [1.82, 2.24) is 0 Å². The molecule has 0 saturated carbocycles. The van der Waals surface area contributed by atoms with Crippen molar-refractivity contribution in [3.63, 3.8) is 0 Å². The number of carbonyl (C=O) groups is 1. The number of benzene rings is 2. The molecule has 25 heavy (non-hydrogen) atoms. The minimum Gasteiger partial charge on any atom is -0.497 e. The summed E-state index contributed by atoms with van der Waals surface area (Å²) in [6.45, 7) is 3.49. The number of methoxy groups -OCH3 is 1. The van der Waals surface area contributed by atoms with E-state index in [1.807, 2.05) is 6.07 Å². The van der Waals surface area contributed by atoms with E-state index in [2.05, 4.69) is 5.32 Å². The van der Waals surface area contributed by atoms with Gasteiger partial charge in [-0.1, -0.05) is 0 Å². The van der Waals surface area contributed by atoms with Crippen LogP contribution in [0.15, 0.2) is 40.8 Å². The Labute approximate surface area is 143 Å². The SMILES string of the molecule is COc1ccc2oc(C(=O)Nc3ccc([N+](=O)[O-])cc3C)c(C)c2c1. The van der Waals surface area contributed by atoms with Gasteiger partial charge in [-0.25, -0.2) is 0 Å². The van der Waals surface area contributed by atoms with E-state index in [4.69, 9.17) is 9.15 Å². The Bertz CT molecular complexity index is 991. The fourth-order valence-electron chi connectivity index (χ4n) is 2.62. The normalized spacial score (nSPS) is 10.7. The fourth-order valence-corrected chi connectivity index (χ4v) is 2.62. The molecular formula is C18H16N2O5. The highest BCUT2D eigenvalue weighted by molar-refractivity contribution is 6.06. The molecule has 2 aromatic carbocycles. The van der Waals surface area contributed by atoms with Crippen molar-refractivity contribution in [1.29, 1.82) is 0 Å². The molecule has 7 heteroatoms. The smallest absolute Gasteiger partial charge is 0.291 e. The van der Waals surface area contributed by atoms with E-state index in [1.54, 1.807) is 33.1 Å². The Morgan fingerprint density at radius 1 is 1.20 bits per heavy atom. The number of fused-ring (bicyclic) bond motifs is 1. The number of nitro benzene ring substituents is 1. The number of hydrogen-bond acceptors (Lipinski definition) is 5. The zero-order valence-corrected chi connectivity index (χ0v) is 14.0. The van der Waals surface area contributed by atoms with Crippen LogP contribution in [0.2, 0.25) is 0 Å². The molecule has 0 aliphatic carbocycles. The van der Waals surface area contributed by atoms with Crippen LogP contribution in [0, 0.1) is 24.0 Å². The topological polar surface area (TPSA) is 94.6 Å². The van der Waals surface area contributed by atoms with E-state index in [9.17, 15) is 14.9 Å². The van der Waals surface area contributed by atoms with Crippen LogP contribution in [0.3, 0.4) is 0 Å². The maximum Gasteiger partial charge on any atom is 0.291 e. The number of amides is 1. The Morgan fingerprint density at radius 2 is 1.96 bits per heavy atom. The van der Waals surface area contributed by atoms with Crippen LogP contribution < -0.4 is 10.1 Å². The highest BCUT2D eigenvalue weighted by Crippen LogP contribution is 2.30. The van der Waals surface area contributed by atoms with Crippen molar-refractivity contribution < 1.29 is 18.9 Å². The van der Waals surface area contributed by atoms with Crippen molar-refractivity contribution in [2.75, 3.05) is 12.4 Å². The van der Waals surface area contributed by atoms with E-state index in [-0.39, 0.29) is 11.4 Å². The van der Waals surface area contributed by atoms with E-state index in [1.165, 1.54) is 18.2 Å². The molecule has 1 N–H and O–H groups in total. The predicted molar refractivity (Wildman–Crippen MR) is 93.3 cm³/mol. The van der Waals surface area contributed by atoms with Crippen LogP contribution in [0.5, 0.6) is 5.75 Å². The molecule has 128 valence electrons. The number of aryl methyl sites for hydroxylation is 2. The lowest BCUT2D eigenvalue weighted by Gasteiger charge is -2.07. The highest BCUT2D eigenvalue weighted by atomic mass is 16.6. The van der Waals surface area contributed by atoms with Crippen LogP contribution in [0.25, 0.3) is 11.0 Å². The monoisotopic (exact) mass is 340 g/mol. The van der Waals surface area contributed by atoms with Gasteiger partial charge in [-0.2, -0.15) is 0 Å².